The Kier molecular flexibility index (Phi) is 8.12. The third kappa shape index (κ3) is 6.08. The number of carbonyl (C=O) groups excluding carboxylic acids is 1. The summed E-state index contributed by atoms with van der Waals surface area (Å²) in [6, 6.07) is 4.25. The summed E-state index contributed by atoms with van der Waals surface area (Å²) in [5.74, 6) is -2.69. The Balaban J connectivity index is 1.97. The number of aryl methyl sites for hydroxylation is 1. The van der Waals surface area contributed by atoms with Gasteiger partial charge in [0.2, 0.25) is 10.0 Å². The molecule has 30 heavy (non-hydrogen) atoms. The van der Waals surface area contributed by atoms with E-state index in [2.05, 4.69) is 9.71 Å². The summed E-state index contributed by atoms with van der Waals surface area (Å²) < 4.78 is 70.6. The van der Waals surface area contributed by atoms with Gasteiger partial charge in [-0.3, -0.25) is 4.99 Å². The van der Waals surface area contributed by atoms with Gasteiger partial charge < -0.3 is 4.74 Å². The molecule has 1 aromatic rings. The first kappa shape index (κ1) is 24.4. The van der Waals surface area contributed by atoms with E-state index < -0.39 is 34.0 Å². The fourth-order valence-electron chi connectivity index (χ4n) is 2.88. The highest BCUT2D eigenvalue weighted by Gasteiger charge is 2.42. The summed E-state index contributed by atoms with van der Waals surface area (Å²) in [5, 5.41) is 0.419. The number of allylic oxidation sites excluding steroid dienone is 1. The van der Waals surface area contributed by atoms with Crippen molar-refractivity contribution in [3.63, 3.8) is 0 Å². The normalized spacial score (nSPS) is 19.5. The smallest absolute Gasteiger partial charge is 0.397 e. The number of nitrogens with one attached hydrogen (secondary N) is 1. The van der Waals surface area contributed by atoms with Crippen LogP contribution in [0.5, 0.6) is 0 Å². The highest BCUT2D eigenvalue weighted by atomic mass is 32.2. The van der Waals surface area contributed by atoms with E-state index in [1.807, 2.05) is 6.92 Å². The maximum Gasteiger partial charge on any atom is 0.397 e. The van der Waals surface area contributed by atoms with Crippen molar-refractivity contribution in [2.24, 2.45) is 16.8 Å². The van der Waals surface area contributed by atoms with Crippen LogP contribution in [-0.2, 0) is 21.2 Å². The van der Waals surface area contributed by atoms with Crippen LogP contribution in [0.3, 0.4) is 0 Å². The summed E-state index contributed by atoms with van der Waals surface area (Å²) in [5.41, 5.74) is 0.858. The topological polar surface area (TPSA) is 84.8 Å². The van der Waals surface area contributed by atoms with Gasteiger partial charge in [0, 0.05) is 18.5 Å². The second-order valence-electron chi connectivity index (χ2n) is 6.62. The summed E-state index contributed by atoms with van der Waals surface area (Å²) in [6.45, 7) is 3.34. The van der Waals surface area contributed by atoms with Crippen LogP contribution in [0, 0.1) is 11.8 Å². The molecule has 0 saturated heterocycles. The molecule has 11 heteroatoms. The molecular formula is C19H23F3N2O4S2. The van der Waals surface area contributed by atoms with Gasteiger partial charge in [0.15, 0.2) is 0 Å². The number of aliphatic imine (C=N–C) groups is 1. The lowest BCUT2D eigenvalue weighted by atomic mass is 9.93. The predicted octanol–water partition coefficient (Wildman–Crippen LogP) is 3.79. The Bertz CT molecular complexity index is 944. The number of thioether (sulfide) groups is 1. The number of alkyl halides is 3. The summed E-state index contributed by atoms with van der Waals surface area (Å²) in [6.07, 6.45) is -1.48. The third-order valence-electron chi connectivity index (χ3n) is 4.53. The van der Waals surface area contributed by atoms with Gasteiger partial charge in [0.05, 0.1) is 28.5 Å². The van der Waals surface area contributed by atoms with Crippen LogP contribution in [0.25, 0.3) is 0 Å². The van der Waals surface area contributed by atoms with Gasteiger partial charge in [-0.05, 0) is 36.1 Å². The van der Waals surface area contributed by atoms with Crippen molar-refractivity contribution in [3.8, 4) is 0 Å². The number of esters is 1. The Labute approximate surface area is 178 Å². The average molecular weight is 465 g/mol. The maximum atomic E-state index is 12.8. The molecule has 2 atom stereocenters. The Morgan fingerprint density at radius 1 is 1.33 bits per heavy atom. The summed E-state index contributed by atoms with van der Waals surface area (Å²) in [7, 11) is -2.65. The lowest BCUT2D eigenvalue weighted by Gasteiger charge is -2.24. The number of hydrogen-bond acceptors (Lipinski definition) is 6. The van der Waals surface area contributed by atoms with Crippen molar-refractivity contribution in [1.29, 1.82) is 0 Å². The molecule has 0 aromatic heterocycles. The van der Waals surface area contributed by atoms with Crippen molar-refractivity contribution in [3.05, 3.63) is 40.4 Å². The minimum absolute atomic E-state index is 0.0417. The molecule has 0 bridgehead atoms. The van der Waals surface area contributed by atoms with Crippen LogP contribution in [-0.4, -0.2) is 46.2 Å². The van der Waals surface area contributed by atoms with E-state index in [4.69, 9.17) is 4.74 Å². The highest BCUT2D eigenvalue weighted by Crippen LogP contribution is 2.36. The summed E-state index contributed by atoms with van der Waals surface area (Å²) in [4.78, 5) is 15.7. The second-order valence-corrected chi connectivity index (χ2v) is 9.50. The molecule has 1 aromatic carbocycles. The molecule has 0 fully saturated rings. The first-order valence-corrected chi connectivity index (χ1v) is 11.6. The molecule has 1 aliphatic heterocycles. The van der Waals surface area contributed by atoms with Gasteiger partial charge in [-0.25, -0.2) is 17.9 Å². The minimum atomic E-state index is -4.35. The molecule has 0 saturated carbocycles. The molecule has 6 nitrogen and oxygen atoms in total. The largest absolute Gasteiger partial charge is 0.465 e. The first-order chi connectivity index (χ1) is 14.0. The molecule has 0 spiro atoms. The SMILES string of the molecule is CCc1ccc(S(=O)(=O)NCCSC2=CC(C)C(C(F)(F)F)C=N2)cc1C(=O)OC. The zero-order valence-electron chi connectivity index (χ0n) is 16.7. The van der Waals surface area contributed by atoms with Crippen LogP contribution in [0.2, 0.25) is 0 Å². The molecule has 0 radical (unpaired) electrons. The molecule has 2 rings (SSSR count). The number of halogens is 3. The maximum absolute atomic E-state index is 12.8. The Morgan fingerprint density at radius 3 is 2.60 bits per heavy atom. The van der Waals surface area contributed by atoms with Crippen molar-refractivity contribution in [2.75, 3.05) is 19.4 Å². The van der Waals surface area contributed by atoms with Crippen LogP contribution < -0.4 is 4.72 Å². The first-order valence-electron chi connectivity index (χ1n) is 9.16. The van der Waals surface area contributed by atoms with E-state index in [9.17, 15) is 26.4 Å². The second kappa shape index (κ2) is 9.97. The third-order valence-corrected chi connectivity index (χ3v) is 6.94. The van der Waals surface area contributed by atoms with Gasteiger partial charge in [-0.15, -0.1) is 11.8 Å². The number of benzene rings is 1. The van der Waals surface area contributed by atoms with E-state index in [0.717, 1.165) is 18.0 Å². The lowest BCUT2D eigenvalue weighted by Crippen LogP contribution is -2.31. The number of methoxy groups -OCH3 is 1. The number of sulfonamides is 1. The number of carbonyl (C=O) groups is 1. The number of rotatable bonds is 8. The fourth-order valence-corrected chi connectivity index (χ4v) is 4.92. The van der Waals surface area contributed by atoms with Crippen molar-refractivity contribution >= 4 is 34.0 Å². The molecule has 0 amide bonds. The molecule has 0 aliphatic carbocycles. The number of ether oxygens (including phenoxy) is 1. The highest BCUT2D eigenvalue weighted by molar-refractivity contribution is 8.03. The van der Waals surface area contributed by atoms with E-state index in [1.165, 1.54) is 32.2 Å². The van der Waals surface area contributed by atoms with Gasteiger partial charge >= 0.3 is 12.1 Å². The standard InChI is InChI=1S/C19H23F3N2O4S2/c1-4-13-5-6-14(10-15(13)18(25)28-3)30(26,27)24-7-8-29-17-9-12(2)16(11-23-17)19(20,21)22/h5-6,9-12,16,24H,4,7-8H2,1-3H3. The summed E-state index contributed by atoms with van der Waals surface area (Å²) >= 11 is 1.16. The zero-order chi connectivity index (χ0) is 22.5. The molecule has 166 valence electrons. The van der Waals surface area contributed by atoms with E-state index >= 15 is 0 Å². The van der Waals surface area contributed by atoms with Gasteiger partial charge in [-0.2, -0.15) is 13.2 Å². The van der Waals surface area contributed by atoms with Gasteiger partial charge in [0.25, 0.3) is 0 Å². The Morgan fingerprint density at radius 2 is 2.03 bits per heavy atom. The van der Waals surface area contributed by atoms with E-state index in [-0.39, 0.29) is 22.8 Å². The minimum Gasteiger partial charge on any atom is -0.465 e. The molecule has 1 aliphatic rings. The number of hydrogen-bond donors (Lipinski definition) is 1. The van der Waals surface area contributed by atoms with Crippen LogP contribution in [0.15, 0.2) is 39.2 Å². The van der Waals surface area contributed by atoms with Crippen molar-refractivity contribution in [1.82, 2.24) is 4.72 Å². The van der Waals surface area contributed by atoms with E-state index in [1.54, 1.807) is 6.07 Å². The lowest BCUT2D eigenvalue weighted by molar-refractivity contribution is -0.161. The van der Waals surface area contributed by atoms with Gasteiger partial charge in [0.1, 0.15) is 0 Å². The molecule has 2 unspecified atom stereocenters. The van der Waals surface area contributed by atoms with Crippen molar-refractivity contribution < 1.29 is 31.1 Å². The molecule has 1 heterocycles. The monoisotopic (exact) mass is 464 g/mol. The van der Waals surface area contributed by atoms with Crippen molar-refractivity contribution in [2.45, 2.75) is 31.3 Å². The average Bonchev–Trinajstić information content (AvgIpc) is 2.69. The van der Waals surface area contributed by atoms with Crippen LogP contribution in [0.4, 0.5) is 13.2 Å². The quantitative estimate of drug-likeness (QED) is 0.468. The molecular weight excluding hydrogens is 441 g/mol. The van der Waals surface area contributed by atoms with E-state index in [0.29, 0.717) is 17.0 Å². The van der Waals surface area contributed by atoms with Crippen LogP contribution >= 0.6 is 11.8 Å². The fraction of sp³-hybridized carbons (Fsp3) is 0.474. The number of nitrogens with zero attached hydrogens (tertiary/aromatic N) is 1. The van der Waals surface area contributed by atoms with Crippen LogP contribution in [0.1, 0.15) is 29.8 Å². The zero-order valence-corrected chi connectivity index (χ0v) is 18.3. The Hall–Kier alpha value is -1.85. The molecule has 1 N–H and O–H groups in total. The van der Waals surface area contributed by atoms with Gasteiger partial charge in [-0.1, -0.05) is 19.9 Å². The predicted molar refractivity (Wildman–Crippen MR) is 110 cm³/mol.